The molecule has 0 aromatic heterocycles. The van der Waals surface area contributed by atoms with Crippen molar-refractivity contribution in [3.05, 3.63) is 0 Å². The van der Waals surface area contributed by atoms with Crippen LogP contribution >= 0.6 is 0 Å². The molecule has 0 N–H and O–H groups in total. The highest BCUT2D eigenvalue weighted by Crippen LogP contribution is 2.13. The number of quaternary nitrogens is 1. The summed E-state index contributed by atoms with van der Waals surface area (Å²) in [7, 11) is 1.99. The monoisotopic (exact) mass is 111 g/mol. The smallest absolute Gasteiger partial charge is 0.226 e. The van der Waals surface area contributed by atoms with Gasteiger partial charge in [0.2, 0.25) is 0 Å². The van der Waals surface area contributed by atoms with Crippen molar-refractivity contribution in [2.75, 3.05) is 20.1 Å². The number of hydrogen-bond donors (Lipinski definition) is 0. The molecule has 0 saturated carbocycles. The molecule has 1 aliphatic rings. The lowest BCUT2D eigenvalue weighted by Crippen LogP contribution is -2.34. The first-order chi connectivity index (χ1) is 3.77. The molecular formula is C6H11N2+. The summed E-state index contributed by atoms with van der Waals surface area (Å²) in [5.41, 5.74) is 0. The van der Waals surface area contributed by atoms with Crippen LogP contribution in [0.15, 0.2) is 0 Å². The van der Waals surface area contributed by atoms with Crippen molar-refractivity contribution < 1.29 is 4.48 Å². The van der Waals surface area contributed by atoms with Gasteiger partial charge in [0, 0.05) is 12.8 Å². The molecule has 1 aliphatic heterocycles. The fourth-order valence-corrected chi connectivity index (χ4v) is 1.13. The predicted molar refractivity (Wildman–Crippen MR) is 30.8 cm³/mol. The van der Waals surface area contributed by atoms with E-state index in [1.807, 2.05) is 7.05 Å². The van der Waals surface area contributed by atoms with E-state index in [1.54, 1.807) is 0 Å². The number of nitrogens with zero attached hydrogens (tertiary/aromatic N) is 2. The fourth-order valence-electron chi connectivity index (χ4n) is 1.13. The SMILES string of the molecule is C[N+]1(C#N)CCCC1. The number of likely N-dealkylation sites (tertiary alicyclic amines) is 1. The van der Waals surface area contributed by atoms with Crippen molar-refractivity contribution in [3.8, 4) is 6.19 Å². The van der Waals surface area contributed by atoms with Crippen LogP contribution in [0.3, 0.4) is 0 Å². The lowest BCUT2D eigenvalue weighted by atomic mass is 10.4. The summed E-state index contributed by atoms with van der Waals surface area (Å²) >= 11 is 0. The van der Waals surface area contributed by atoms with E-state index >= 15 is 0 Å². The topological polar surface area (TPSA) is 23.8 Å². The van der Waals surface area contributed by atoms with Crippen LogP contribution in [0.5, 0.6) is 0 Å². The second kappa shape index (κ2) is 1.75. The second-order valence-corrected chi connectivity index (χ2v) is 2.65. The first kappa shape index (κ1) is 5.58. The minimum atomic E-state index is 0.625. The van der Waals surface area contributed by atoms with E-state index < -0.39 is 0 Å². The van der Waals surface area contributed by atoms with Gasteiger partial charge in [-0.25, -0.2) is 4.48 Å². The Labute approximate surface area is 49.9 Å². The van der Waals surface area contributed by atoms with Gasteiger partial charge in [0.05, 0.1) is 20.1 Å². The molecule has 0 aromatic carbocycles. The fraction of sp³-hybridized carbons (Fsp3) is 0.833. The van der Waals surface area contributed by atoms with E-state index in [0.29, 0.717) is 4.48 Å². The van der Waals surface area contributed by atoms with E-state index in [9.17, 15) is 0 Å². The molecule has 44 valence electrons. The Balaban J connectivity index is 2.56. The molecule has 1 fully saturated rings. The van der Waals surface area contributed by atoms with Crippen LogP contribution in [0.4, 0.5) is 0 Å². The number of hydrogen-bond acceptors (Lipinski definition) is 1. The molecular weight excluding hydrogens is 100 g/mol. The van der Waals surface area contributed by atoms with Crippen molar-refractivity contribution in [2.45, 2.75) is 12.8 Å². The molecule has 2 heteroatoms. The minimum absolute atomic E-state index is 0.625. The van der Waals surface area contributed by atoms with Gasteiger partial charge in [0.25, 0.3) is 0 Å². The van der Waals surface area contributed by atoms with Gasteiger partial charge < -0.3 is 0 Å². The summed E-state index contributed by atoms with van der Waals surface area (Å²) in [6, 6.07) is 0. The average Bonchev–Trinajstić information content (AvgIpc) is 2.17. The molecule has 8 heavy (non-hydrogen) atoms. The third-order valence-corrected chi connectivity index (χ3v) is 1.79. The first-order valence-corrected chi connectivity index (χ1v) is 3.03. The van der Waals surface area contributed by atoms with Gasteiger partial charge in [-0.05, 0) is 0 Å². The van der Waals surface area contributed by atoms with E-state index in [0.717, 1.165) is 13.1 Å². The molecule has 1 saturated heterocycles. The first-order valence-electron chi connectivity index (χ1n) is 3.03. The Bertz CT molecular complexity index is 117. The predicted octanol–water partition coefficient (Wildman–Crippen LogP) is 0.708. The standard InChI is InChI=1S/C6H11N2/c1-8(6-7)4-2-3-5-8/h2-5H2,1H3/q+1. The number of nitriles is 1. The zero-order valence-corrected chi connectivity index (χ0v) is 5.22. The van der Waals surface area contributed by atoms with Crippen molar-refractivity contribution in [2.24, 2.45) is 0 Å². The Hall–Kier alpha value is -0.550. The van der Waals surface area contributed by atoms with E-state index in [-0.39, 0.29) is 0 Å². The Kier molecular flexibility index (Phi) is 1.22. The Morgan fingerprint density at radius 3 is 2.12 bits per heavy atom. The summed E-state index contributed by atoms with van der Waals surface area (Å²) < 4.78 is 0.625. The third kappa shape index (κ3) is 0.823. The van der Waals surface area contributed by atoms with Crippen LogP contribution in [0, 0.1) is 11.5 Å². The van der Waals surface area contributed by atoms with Crippen molar-refractivity contribution >= 4 is 0 Å². The van der Waals surface area contributed by atoms with Gasteiger partial charge in [0.1, 0.15) is 0 Å². The van der Waals surface area contributed by atoms with Gasteiger partial charge in [-0.1, -0.05) is 0 Å². The molecule has 0 atom stereocenters. The van der Waals surface area contributed by atoms with Gasteiger partial charge in [-0.3, -0.25) is 0 Å². The van der Waals surface area contributed by atoms with Crippen LogP contribution in [0.25, 0.3) is 0 Å². The van der Waals surface area contributed by atoms with Crippen LogP contribution in [-0.2, 0) is 0 Å². The molecule has 0 radical (unpaired) electrons. The highest BCUT2D eigenvalue weighted by molar-refractivity contribution is 4.61. The summed E-state index contributed by atoms with van der Waals surface area (Å²) in [5.74, 6) is 0. The lowest BCUT2D eigenvalue weighted by Gasteiger charge is -2.15. The zero-order chi connectivity index (χ0) is 6.04. The van der Waals surface area contributed by atoms with Crippen LogP contribution in [-0.4, -0.2) is 24.6 Å². The van der Waals surface area contributed by atoms with Crippen molar-refractivity contribution in [1.29, 1.82) is 5.26 Å². The molecule has 0 unspecified atom stereocenters. The van der Waals surface area contributed by atoms with Crippen LogP contribution in [0.1, 0.15) is 12.8 Å². The maximum absolute atomic E-state index is 8.55. The maximum atomic E-state index is 8.55. The molecule has 0 aromatic rings. The maximum Gasteiger partial charge on any atom is 0.308 e. The minimum Gasteiger partial charge on any atom is -0.226 e. The molecule has 2 nitrogen and oxygen atoms in total. The van der Waals surface area contributed by atoms with E-state index in [1.165, 1.54) is 12.8 Å². The molecule has 1 rings (SSSR count). The largest absolute Gasteiger partial charge is 0.308 e. The summed E-state index contributed by atoms with van der Waals surface area (Å²) in [4.78, 5) is 0. The van der Waals surface area contributed by atoms with E-state index in [4.69, 9.17) is 5.26 Å². The van der Waals surface area contributed by atoms with Crippen LogP contribution < -0.4 is 0 Å². The second-order valence-electron chi connectivity index (χ2n) is 2.65. The van der Waals surface area contributed by atoms with Gasteiger partial charge in [-0.2, -0.15) is 0 Å². The van der Waals surface area contributed by atoms with Crippen LogP contribution in [0.2, 0.25) is 0 Å². The lowest BCUT2D eigenvalue weighted by molar-refractivity contribution is -0.832. The molecule has 0 spiro atoms. The molecule has 0 aliphatic carbocycles. The summed E-state index contributed by atoms with van der Waals surface area (Å²) in [6.45, 7) is 2.10. The molecule has 0 bridgehead atoms. The third-order valence-electron chi connectivity index (χ3n) is 1.79. The Morgan fingerprint density at radius 2 is 1.88 bits per heavy atom. The Morgan fingerprint density at radius 1 is 1.38 bits per heavy atom. The van der Waals surface area contributed by atoms with Crippen molar-refractivity contribution in [1.82, 2.24) is 0 Å². The summed E-state index contributed by atoms with van der Waals surface area (Å²) in [6.07, 6.45) is 4.73. The van der Waals surface area contributed by atoms with Gasteiger partial charge in [0.15, 0.2) is 0 Å². The van der Waals surface area contributed by atoms with Crippen molar-refractivity contribution in [3.63, 3.8) is 0 Å². The number of rotatable bonds is 0. The van der Waals surface area contributed by atoms with Gasteiger partial charge >= 0.3 is 6.19 Å². The van der Waals surface area contributed by atoms with E-state index in [2.05, 4.69) is 6.19 Å². The zero-order valence-electron chi connectivity index (χ0n) is 5.22. The quantitative estimate of drug-likeness (QED) is 0.333. The molecule has 1 heterocycles. The summed E-state index contributed by atoms with van der Waals surface area (Å²) in [5, 5.41) is 8.55. The van der Waals surface area contributed by atoms with Gasteiger partial charge in [-0.15, -0.1) is 5.26 Å². The highest BCUT2D eigenvalue weighted by Gasteiger charge is 2.26. The highest BCUT2D eigenvalue weighted by atomic mass is 15.3. The average molecular weight is 111 g/mol. The molecule has 0 amide bonds. The normalized spacial score (nSPS) is 25.0.